The third kappa shape index (κ3) is 6.49. The minimum absolute atomic E-state index is 0.291. The van der Waals surface area contributed by atoms with Gasteiger partial charge in [0.2, 0.25) is 6.79 Å². The molecule has 0 saturated carbocycles. The van der Waals surface area contributed by atoms with Gasteiger partial charge in [-0.3, -0.25) is 4.79 Å². The summed E-state index contributed by atoms with van der Waals surface area (Å²) in [5.41, 5.74) is 0.870. The van der Waals surface area contributed by atoms with Crippen molar-refractivity contribution >= 4 is 23.7 Å². The maximum absolute atomic E-state index is 11.6. The number of amides is 1. The lowest BCUT2D eigenvalue weighted by Gasteiger charge is -2.17. The molecule has 1 amide bonds. The maximum atomic E-state index is 11.6. The van der Waals surface area contributed by atoms with Gasteiger partial charge in [0.1, 0.15) is 0 Å². The molecule has 5 nitrogen and oxygen atoms in total. The van der Waals surface area contributed by atoms with Crippen LogP contribution in [0.2, 0.25) is 5.02 Å². The van der Waals surface area contributed by atoms with Gasteiger partial charge < -0.3 is 14.8 Å². The quantitative estimate of drug-likeness (QED) is 0.617. The fourth-order valence-electron chi connectivity index (χ4n) is 1.63. The van der Waals surface area contributed by atoms with Crippen LogP contribution in [-0.4, -0.2) is 18.9 Å². The molecule has 0 heterocycles. The van der Waals surface area contributed by atoms with Crippen molar-refractivity contribution < 1.29 is 19.1 Å². The molecule has 115 valence electrons. The molecule has 0 aliphatic rings. The highest BCUT2D eigenvalue weighted by Crippen LogP contribution is 2.19. The molecule has 0 aromatic heterocycles. The highest BCUT2D eigenvalue weighted by Gasteiger charge is 2.14. The van der Waals surface area contributed by atoms with Crippen LogP contribution in [0.5, 0.6) is 0 Å². The highest BCUT2D eigenvalue weighted by molar-refractivity contribution is 6.30. The number of carbonyl (C=O) groups excluding carboxylic acids is 2. The molecule has 1 radical (unpaired) electrons. The van der Waals surface area contributed by atoms with Crippen LogP contribution < -0.4 is 5.32 Å². The number of hydrogen-bond donors (Lipinski definition) is 1. The van der Waals surface area contributed by atoms with Gasteiger partial charge in [0.15, 0.2) is 0 Å². The fourth-order valence-corrected chi connectivity index (χ4v) is 1.75. The molecule has 1 N–H and O–H groups in total. The Morgan fingerprint density at radius 1 is 1.29 bits per heavy atom. The molecule has 0 bridgehead atoms. The lowest BCUT2D eigenvalue weighted by Crippen LogP contribution is -2.29. The Labute approximate surface area is 129 Å². The smallest absolute Gasteiger partial charge is 0.410 e. The second kappa shape index (κ2) is 9.23. The average molecular weight is 313 g/mol. The predicted molar refractivity (Wildman–Crippen MR) is 79.7 cm³/mol. The molecule has 1 aromatic carbocycles. The van der Waals surface area contributed by atoms with Crippen LogP contribution in [0.3, 0.4) is 0 Å². The van der Waals surface area contributed by atoms with Crippen molar-refractivity contribution in [3.63, 3.8) is 0 Å². The Bertz CT molecular complexity index is 461. The summed E-state index contributed by atoms with van der Waals surface area (Å²) >= 11 is 5.81. The van der Waals surface area contributed by atoms with E-state index in [4.69, 9.17) is 21.1 Å². The first-order valence-corrected chi connectivity index (χ1v) is 7.08. The summed E-state index contributed by atoms with van der Waals surface area (Å²) in [6.07, 6.45) is 0.775. The molecule has 1 atom stereocenters. The van der Waals surface area contributed by atoms with Gasteiger partial charge in [-0.1, -0.05) is 37.6 Å². The Hall–Kier alpha value is -1.75. The summed E-state index contributed by atoms with van der Waals surface area (Å²) < 4.78 is 9.52. The van der Waals surface area contributed by atoms with Gasteiger partial charge >= 0.3 is 12.1 Å². The van der Waals surface area contributed by atoms with E-state index in [2.05, 4.69) is 12.2 Å². The molecule has 0 aliphatic heterocycles. The molecular weight excluding hydrogens is 294 g/mol. The summed E-state index contributed by atoms with van der Waals surface area (Å²) in [5.74, 6) is -0.392. The normalized spacial score (nSPS) is 11.6. The number of benzene rings is 1. The van der Waals surface area contributed by atoms with Gasteiger partial charge in [0, 0.05) is 11.4 Å². The van der Waals surface area contributed by atoms with E-state index in [9.17, 15) is 9.59 Å². The maximum Gasteiger partial charge on any atom is 0.410 e. The minimum Gasteiger partial charge on any atom is -0.428 e. The standard InChI is InChI=1S/C15H19ClNO4/c1-3-5-14(18)20-10-21-15(19)17-13(4-2)11-6-8-12(16)9-7-11/h6-9,13H,2-5,10H2,1H3,(H,17,19). The molecule has 1 rings (SSSR count). The van der Waals surface area contributed by atoms with Crippen molar-refractivity contribution in [3.8, 4) is 0 Å². The number of alkyl carbamates (subject to hydrolysis) is 1. The van der Waals surface area contributed by atoms with E-state index in [-0.39, 0.29) is 6.04 Å². The van der Waals surface area contributed by atoms with E-state index in [0.717, 1.165) is 5.56 Å². The molecule has 0 spiro atoms. The third-order valence-corrected chi connectivity index (χ3v) is 2.97. The van der Waals surface area contributed by atoms with Crippen LogP contribution in [0.15, 0.2) is 24.3 Å². The van der Waals surface area contributed by atoms with Crippen LogP contribution in [0.25, 0.3) is 0 Å². The Balaban J connectivity index is 2.41. The summed E-state index contributed by atoms with van der Waals surface area (Å²) in [6.45, 7) is 5.25. The summed E-state index contributed by atoms with van der Waals surface area (Å²) in [7, 11) is 0. The molecule has 1 aromatic rings. The van der Waals surface area contributed by atoms with Gasteiger partial charge in [0.25, 0.3) is 0 Å². The SMILES string of the molecule is [CH2]CC(NC(=O)OCOC(=O)CCC)c1ccc(Cl)cc1. The number of halogens is 1. The minimum atomic E-state index is -0.664. The van der Waals surface area contributed by atoms with Gasteiger partial charge in [0.05, 0.1) is 6.04 Å². The van der Waals surface area contributed by atoms with Crippen LogP contribution in [-0.2, 0) is 14.3 Å². The van der Waals surface area contributed by atoms with Crippen molar-refractivity contribution in [3.05, 3.63) is 41.8 Å². The number of hydrogen-bond acceptors (Lipinski definition) is 4. The largest absolute Gasteiger partial charge is 0.428 e. The van der Waals surface area contributed by atoms with Crippen molar-refractivity contribution in [1.82, 2.24) is 5.32 Å². The summed E-state index contributed by atoms with van der Waals surface area (Å²) in [6, 6.07) is 6.79. The molecule has 1 unspecified atom stereocenters. The Morgan fingerprint density at radius 3 is 2.52 bits per heavy atom. The van der Waals surface area contributed by atoms with E-state index < -0.39 is 18.9 Å². The van der Waals surface area contributed by atoms with Crippen molar-refractivity contribution in [2.75, 3.05) is 6.79 Å². The van der Waals surface area contributed by atoms with Crippen molar-refractivity contribution in [2.24, 2.45) is 0 Å². The van der Waals surface area contributed by atoms with E-state index in [0.29, 0.717) is 24.3 Å². The molecule has 21 heavy (non-hydrogen) atoms. The fraction of sp³-hybridized carbons (Fsp3) is 0.400. The van der Waals surface area contributed by atoms with Crippen molar-refractivity contribution in [2.45, 2.75) is 32.2 Å². The van der Waals surface area contributed by atoms with Gasteiger partial charge in [-0.2, -0.15) is 0 Å². The van der Waals surface area contributed by atoms with E-state index in [1.807, 2.05) is 6.92 Å². The summed E-state index contributed by atoms with van der Waals surface area (Å²) in [5, 5.41) is 3.27. The number of carbonyl (C=O) groups is 2. The number of nitrogens with one attached hydrogen (secondary N) is 1. The topological polar surface area (TPSA) is 64.6 Å². The van der Waals surface area contributed by atoms with Crippen molar-refractivity contribution in [1.29, 1.82) is 0 Å². The lowest BCUT2D eigenvalue weighted by atomic mass is 10.1. The van der Waals surface area contributed by atoms with E-state index in [1.54, 1.807) is 24.3 Å². The number of ether oxygens (including phenoxy) is 2. The number of rotatable bonds is 7. The molecule has 6 heteroatoms. The van der Waals surface area contributed by atoms with Gasteiger partial charge in [-0.15, -0.1) is 0 Å². The lowest BCUT2D eigenvalue weighted by molar-refractivity contribution is -0.151. The molecular formula is C15H19ClNO4. The monoisotopic (exact) mass is 312 g/mol. The van der Waals surface area contributed by atoms with Crippen LogP contribution in [0.4, 0.5) is 4.79 Å². The Kier molecular flexibility index (Phi) is 7.61. The van der Waals surface area contributed by atoms with Gasteiger partial charge in [-0.05, 0) is 30.5 Å². The van der Waals surface area contributed by atoms with E-state index >= 15 is 0 Å². The Morgan fingerprint density at radius 2 is 1.95 bits per heavy atom. The second-order valence-corrected chi connectivity index (χ2v) is 4.79. The summed E-state index contributed by atoms with van der Waals surface area (Å²) in [4.78, 5) is 22.7. The molecule has 0 fully saturated rings. The first-order valence-electron chi connectivity index (χ1n) is 6.70. The first kappa shape index (κ1) is 17.3. The van der Waals surface area contributed by atoms with Crippen LogP contribution in [0.1, 0.15) is 37.8 Å². The van der Waals surface area contributed by atoms with Crippen LogP contribution in [0, 0.1) is 6.92 Å². The van der Waals surface area contributed by atoms with Crippen LogP contribution >= 0.6 is 11.6 Å². The van der Waals surface area contributed by atoms with Gasteiger partial charge in [-0.25, -0.2) is 4.79 Å². The predicted octanol–water partition coefficient (Wildman–Crippen LogP) is 3.63. The zero-order valence-corrected chi connectivity index (χ0v) is 12.7. The molecule has 0 saturated heterocycles. The second-order valence-electron chi connectivity index (χ2n) is 4.35. The zero-order valence-electron chi connectivity index (χ0n) is 11.9. The van der Waals surface area contributed by atoms with E-state index in [1.165, 1.54) is 0 Å². The molecule has 0 aliphatic carbocycles. The highest BCUT2D eigenvalue weighted by atomic mass is 35.5. The average Bonchev–Trinajstić information content (AvgIpc) is 2.46. The number of esters is 1. The first-order chi connectivity index (χ1) is 10.1. The zero-order chi connectivity index (χ0) is 15.7. The third-order valence-electron chi connectivity index (χ3n) is 2.72.